The van der Waals surface area contributed by atoms with Gasteiger partial charge in [0.05, 0.1) is 7.11 Å². The Morgan fingerprint density at radius 3 is 2.64 bits per heavy atom. The molecule has 0 saturated heterocycles. The molecule has 0 aliphatic heterocycles. The Labute approximate surface area is 131 Å². The standard InChI is InChI=1S/C19H20N2O/c1-14-12-20-13-16-4-3-5-18(19(14)16)21-11-10-15-6-8-17(22-2)9-7-15/h3-9,12-13,21H,10-11H2,1-2H3. The van der Waals surface area contributed by atoms with Crippen LogP contribution in [0.25, 0.3) is 10.8 Å². The molecule has 0 bridgehead atoms. The summed E-state index contributed by atoms with van der Waals surface area (Å²) in [6.07, 6.45) is 4.80. The predicted molar refractivity (Wildman–Crippen MR) is 91.7 cm³/mol. The maximum atomic E-state index is 5.18. The Kier molecular flexibility index (Phi) is 4.24. The number of pyridine rings is 1. The van der Waals surface area contributed by atoms with Gasteiger partial charge in [-0.15, -0.1) is 0 Å². The highest BCUT2D eigenvalue weighted by molar-refractivity contribution is 5.95. The van der Waals surface area contributed by atoms with Crippen molar-refractivity contribution in [2.24, 2.45) is 0 Å². The second-order valence-corrected chi connectivity index (χ2v) is 5.38. The lowest BCUT2D eigenvalue weighted by atomic mass is 10.1. The van der Waals surface area contributed by atoms with E-state index in [0.29, 0.717) is 0 Å². The number of nitrogens with zero attached hydrogens (tertiary/aromatic N) is 1. The highest BCUT2D eigenvalue weighted by atomic mass is 16.5. The van der Waals surface area contributed by atoms with Crippen LogP contribution in [0.2, 0.25) is 0 Å². The molecule has 0 radical (unpaired) electrons. The lowest BCUT2D eigenvalue weighted by Crippen LogP contribution is -2.05. The molecule has 1 aromatic heterocycles. The van der Waals surface area contributed by atoms with E-state index in [2.05, 4.69) is 47.6 Å². The number of methoxy groups -OCH3 is 1. The number of rotatable bonds is 5. The fourth-order valence-corrected chi connectivity index (χ4v) is 2.69. The molecule has 0 fully saturated rings. The van der Waals surface area contributed by atoms with E-state index in [0.717, 1.165) is 18.7 Å². The second-order valence-electron chi connectivity index (χ2n) is 5.38. The van der Waals surface area contributed by atoms with E-state index >= 15 is 0 Å². The summed E-state index contributed by atoms with van der Waals surface area (Å²) >= 11 is 0. The average molecular weight is 292 g/mol. The molecule has 0 unspecified atom stereocenters. The third-order valence-corrected chi connectivity index (χ3v) is 3.86. The van der Waals surface area contributed by atoms with Crippen LogP contribution in [0.5, 0.6) is 5.75 Å². The Bertz CT molecular complexity index is 761. The topological polar surface area (TPSA) is 34.1 Å². The van der Waals surface area contributed by atoms with Crippen LogP contribution in [0.1, 0.15) is 11.1 Å². The number of benzene rings is 2. The second kappa shape index (κ2) is 6.48. The summed E-state index contributed by atoms with van der Waals surface area (Å²) in [4.78, 5) is 4.26. The number of anilines is 1. The average Bonchev–Trinajstić information content (AvgIpc) is 2.56. The van der Waals surface area contributed by atoms with Gasteiger partial charge in [-0.2, -0.15) is 0 Å². The van der Waals surface area contributed by atoms with Gasteiger partial charge in [0.1, 0.15) is 5.75 Å². The van der Waals surface area contributed by atoms with Crippen molar-refractivity contribution < 1.29 is 4.74 Å². The summed E-state index contributed by atoms with van der Waals surface area (Å²) in [5.41, 5.74) is 3.67. The van der Waals surface area contributed by atoms with E-state index in [1.54, 1.807) is 7.11 Å². The van der Waals surface area contributed by atoms with E-state index in [4.69, 9.17) is 4.74 Å². The first-order valence-corrected chi connectivity index (χ1v) is 7.48. The summed E-state index contributed by atoms with van der Waals surface area (Å²) in [5, 5.41) is 5.98. The quantitative estimate of drug-likeness (QED) is 0.765. The van der Waals surface area contributed by atoms with E-state index in [9.17, 15) is 0 Å². The summed E-state index contributed by atoms with van der Waals surface area (Å²) in [6, 6.07) is 14.5. The van der Waals surface area contributed by atoms with Crippen molar-refractivity contribution in [3.63, 3.8) is 0 Å². The van der Waals surface area contributed by atoms with Crippen molar-refractivity contribution in [1.82, 2.24) is 4.98 Å². The molecular formula is C19H20N2O. The first-order chi connectivity index (χ1) is 10.8. The van der Waals surface area contributed by atoms with Gasteiger partial charge in [-0.25, -0.2) is 0 Å². The third-order valence-electron chi connectivity index (χ3n) is 3.86. The fourth-order valence-electron chi connectivity index (χ4n) is 2.69. The summed E-state index contributed by atoms with van der Waals surface area (Å²) in [5.74, 6) is 0.897. The number of fused-ring (bicyclic) bond motifs is 1. The zero-order valence-corrected chi connectivity index (χ0v) is 13.0. The molecule has 3 rings (SSSR count). The predicted octanol–water partition coefficient (Wildman–Crippen LogP) is 4.21. The van der Waals surface area contributed by atoms with Crippen molar-refractivity contribution in [2.45, 2.75) is 13.3 Å². The number of hydrogen-bond acceptors (Lipinski definition) is 3. The molecule has 2 aromatic carbocycles. The number of aromatic nitrogens is 1. The zero-order valence-electron chi connectivity index (χ0n) is 13.0. The van der Waals surface area contributed by atoms with Gasteiger partial charge in [0.25, 0.3) is 0 Å². The molecule has 1 N–H and O–H groups in total. The van der Waals surface area contributed by atoms with Crippen molar-refractivity contribution in [3.8, 4) is 5.75 Å². The van der Waals surface area contributed by atoms with Crippen LogP contribution >= 0.6 is 0 Å². The SMILES string of the molecule is COc1ccc(CCNc2cccc3cncc(C)c23)cc1. The van der Waals surface area contributed by atoms with Gasteiger partial charge < -0.3 is 10.1 Å². The lowest BCUT2D eigenvalue weighted by Gasteiger charge is -2.11. The molecule has 0 spiro atoms. The van der Waals surface area contributed by atoms with Crippen LogP contribution in [0.4, 0.5) is 5.69 Å². The van der Waals surface area contributed by atoms with Gasteiger partial charge in [0.15, 0.2) is 0 Å². The molecule has 0 atom stereocenters. The molecule has 112 valence electrons. The van der Waals surface area contributed by atoms with Crippen LogP contribution in [0.3, 0.4) is 0 Å². The van der Waals surface area contributed by atoms with Crippen LogP contribution in [-0.4, -0.2) is 18.6 Å². The molecule has 0 aliphatic rings. The smallest absolute Gasteiger partial charge is 0.118 e. The van der Waals surface area contributed by atoms with Gasteiger partial charge in [-0.1, -0.05) is 24.3 Å². The molecule has 22 heavy (non-hydrogen) atoms. The van der Waals surface area contributed by atoms with E-state index < -0.39 is 0 Å². The van der Waals surface area contributed by atoms with Gasteiger partial charge in [-0.05, 0) is 42.7 Å². The third kappa shape index (κ3) is 3.03. The fraction of sp³-hybridized carbons (Fsp3) is 0.211. The largest absolute Gasteiger partial charge is 0.497 e. The molecule has 3 nitrogen and oxygen atoms in total. The molecule has 0 aliphatic carbocycles. The maximum absolute atomic E-state index is 5.18. The van der Waals surface area contributed by atoms with Crippen molar-refractivity contribution in [2.75, 3.05) is 19.0 Å². The van der Waals surface area contributed by atoms with Crippen LogP contribution in [0, 0.1) is 6.92 Å². The Hall–Kier alpha value is -2.55. The lowest BCUT2D eigenvalue weighted by molar-refractivity contribution is 0.414. The highest BCUT2D eigenvalue weighted by Gasteiger charge is 2.03. The molecule has 3 heteroatoms. The number of hydrogen-bond donors (Lipinski definition) is 1. The molecule has 0 saturated carbocycles. The molecular weight excluding hydrogens is 272 g/mol. The summed E-state index contributed by atoms with van der Waals surface area (Å²) < 4.78 is 5.18. The first-order valence-electron chi connectivity index (χ1n) is 7.48. The Morgan fingerprint density at radius 1 is 1.05 bits per heavy atom. The maximum Gasteiger partial charge on any atom is 0.118 e. The van der Waals surface area contributed by atoms with Crippen LogP contribution < -0.4 is 10.1 Å². The Balaban J connectivity index is 1.71. The first kappa shape index (κ1) is 14.4. The number of nitrogens with one attached hydrogen (secondary N) is 1. The minimum atomic E-state index is 0.896. The minimum Gasteiger partial charge on any atom is -0.497 e. The van der Waals surface area contributed by atoms with Gasteiger partial charge in [0.2, 0.25) is 0 Å². The zero-order chi connectivity index (χ0) is 15.4. The van der Waals surface area contributed by atoms with Gasteiger partial charge in [0, 0.05) is 35.4 Å². The molecule has 0 amide bonds. The van der Waals surface area contributed by atoms with Gasteiger partial charge in [-0.3, -0.25) is 4.98 Å². The molecule has 1 heterocycles. The van der Waals surface area contributed by atoms with Gasteiger partial charge >= 0.3 is 0 Å². The summed E-state index contributed by atoms with van der Waals surface area (Å²) in [6.45, 7) is 3.00. The van der Waals surface area contributed by atoms with Crippen LogP contribution in [-0.2, 0) is 6.42 Å². The van der Waals surface area contributed by atoms with Crippen molar-refractivity contribution in [1.29, 1.82) is 0 Å². The summed E-state index contributed by atoms with van der Waals surface area (Å²) in [7, 11) is 1.69. The monoisotopic (exact) mass is 292 g/mol. The van der Waals surface area contributed by atoms with Crippen LogP contribution in [0.15, 0.2) is 54.9 Å². The van der Waals surface area contributed by atoms with E-state index in [1.807, 2.05) is 24.5 Å². The van der Waals surface area contributed by atoms with Crippen molar-refractivity contribution in [3.05, 3.63) is 66.0 Å². The Morgan fingerprint density at radius 2 is 1.86 bits per heavy atom. The number of ether oxygens (including phenoxy) is 1. The molecule has 3 aromatic rings. The normalized spacial score (nSPS) is 10.6. The van der Waals surface area contributed by atoms with E-state index in [1.165, 1.54) is 27.6 Å². The van der Waals surface area contributed by atoms with E-state index in [-0.39, 0.29) is 0 Å². The highest BCUT2D eigenvalue weighted by Crippen LogP contribution is 2.25. The minimum absolute atomic E-state index is 0.896. The van der Waals surface area contributed by atoms with Crippen molar-refractivity contribution >= 4 is 16.5 Å². The number of aryl methyl sites for hydroxylation is 1.